The molecule has 2 aromatic heterocycles. The fourth-order valence-electron chi connectivity index (χ4n) is 2.71. The molecule has 7 nitrogen and oxygen atoms in total. The zero-order valence-electron chi connectivity index (χ0n) is 13.2. The first-order chi connectivity index (χ1) is 11.8. The molecule has 134 valence electrons. The van der Waals surface area contributed by atoms with Crippen LogP contribution in [0.3, 0.4) is 0 Å². The van der Waals surface area contributed by atoms with Gasteiger partial charge in [0.2, 0.25) is 0 Å². The van der Waals surface area contributed by atoms with Crippen LogP contribution in [-0.2, 0) is 6.18 Å². The number of pyridine rings is 1. The molecule has 2 aromatic rings. The Hall–Kier alpha value is -2.65. The van der Waals surface area contributed by atoms with E-state index < -0.39 is 18.0 Å². The van der Waals surface area contributed by atoms with Gasteiger partial charge in [-0.2, -0.15) is 18.2 Å². The Morgan fingerprint density at radius 3 is 2.56 bits per heavy atom. The molecule has 0 aromatic carbocycles. The predicted molar refractivity (Wildman–Crippen MR) is 77.8 cm³/mol. The van der Waals surface area contributed by atoms with E-state index in [1.54, 1.807) is 13.0 Å². The maximum atomic E-state index is 12.5. The number of carbonyl (C=O) groups is 1. The smallest absolute Gasteiger partial charge is 0.471 e. The second kappa shape index (κ2) is 6.34. The number of piperidine rings is 1. The lowest BCUT2D eigenvalue weighted by Crippen LogP contribution is -2.38. The van der Waals surface area contributed by atoms with Crippen LogP contribution < -0.4 is 0 Å². The van der Waals surface area contributed by atoms with Gasteiger partial charge >= 0.3 is 12.1 Å². The molecule has 1 N–H and O–H groups in total. The second-order valence-electron chi connectivity index (χ2n) is 5.84. The number of nitrogens with zero attached hydrogens (tertiary/aromatic N) is 4. The fraction of sp³-hybridized carbons (Fsp3) is 0.467. The number of aromatic nitrogens is 3. The summed E-state index contributed by atoms with van der Waals surface area (Å²) in [5.74, 6) is -2.30. The van der Waals surface area contributed by atoms with Crippen molar-refractivity contribution in [3.8, 4) is 5.75 Å². The molecule has 10 heteroatoms. The van der Waals surface area contributed by atoms with Crippen LogP contribution >= 0.6 is 0 Å². The van der Waals surface area contributed by atoms with Gasteiger partial charge in [0.15, 0.2) is 11.5 Å². The Morgan fingerprint density at radius 1 is 1.28 bits per heavy atom. The van der Waals surface area contributed by atoms with Crippen molar-refractivity contribution in [2.45, 2.75) is 31.9 Å². The molecule has 0 unspecified atom stereocenters. The van der Waals surface area contributed by atoms with Crippen LogP contribution in [0.2, 0.25) is 0 Å². The summed E-state index contributed by atoms with van der Waals surface area (Å²) < 4.78 is 41.8. The average Bonchev–Trinajstić information content (AvgIpc) is 3.07. The number of hydrogen-bond donors (Lipinski definition) is 1. The molecule has 3 rings (SSSR count). The van der Waals surface area contributed by atoms with Crippen molar-refractivity contribution in [1.29, 1.82) is 0 Å². The van der Waals surface area contributed by atoms with E-state index in [0.29, 0.717) is 31.6 Å². The van der Waals surface area contributed by atoms with Crippen LogP contribution in [0.1, 0.15) is 46.7 Å². The Bertz CT molecular complexity index is 783. The number of rotatable bonds is 2. The molecule has 0 saturated carbocycles. The third kappa shape index (κ3) is 3.57. The highest BCUT2D eigenvalue weighted by atomic mass is 19.4. The molecule has 0 spiro atoms. The number of likely N-dealkylation sites (tertiary alicyclic amines) is 1. The van der Waals surface area contributed by atoms with Crippen LogP contribution in [-0.4, -0.2) is 44.1 Å². The van der Waals surface area contributed by atoms with E-state index in [4.69, 9.17) is 0 Å². The number of hydrogen-bond acceptors (Lipinski definition) is 6. The van der Waals surface area contributed by atoms with Crippen molar-refractivity contribution in [1.82, 2.24) is 20.0 Å². The maximum Gasteiger partial charge on any atom is 0.471 e. The third-order valence-corrected chi connectivity index (χ3v) is 4.05. The van der Waals surface area contributed by atoms with E-state index in [1.165, 1.54) is 11.0 Å². The lowest BCUT2D eigenvalue weighted by molar-refractivity contribution is -0.159. The van der Waals surface area contributed by atoms with Crippen molar-refractivity contribution in [3.63, 3.8) is 0 Å². The minimum Gasteiger partial charge on any atom is -0.505 e. The first-order valence-corrected chi connectivity index (χ1v) is 7.62. The lowest BCUT2D eigenvalue weighted by atomic mass is 9.96. The topological polar surface area (TPSA) is 92.3 Å². The van der Waals surface area contributed by atoms with Gasteiger partial charge in [-0.1, -0.05) is 5.16 Å². The molecular weight excluding hydrogens is 341 g/mol. The second-order valence-corrected chi connectivity index (χ2v) is 5.84. The number of aromatic hydroxyl groups is 1. The SMILES string of the molecule is Cc1ccc(O)c(C(=O)N2CCC(c3noc(C(F)(F)F)n3)CC2)n1. The quantitative estimate of drug-likeness (QED) is 0.889. The van der Waals surface area contributed by atoms with E-state index >= 15 is 0 Å². The molecule has 1 aliphatic heterocycles. The minimum absolute atomic E-state index is 0.00375. The number of aryl methyl sites for hydroxylation is 1. The molecule has 25 heavy (non-hydrogen) atoms. The maximum absolute atomic E-state index is 12.5. The average molecular weight is 356 g/mol. The van der Waals surface area contributed by atoms with Crippen LogP contribution in [0.25, 0.3) is 0 Å². The molecular formula is C15H15F3N4O3. The Morgan fingerprint density at radius 2 is 1.96 bits per heavy atom. The van der Waals surface area contributed by atoms with Crippen molar-refractivity contribution >= 4 is 5.91 Å². The minimum atomic E-state index is -4.67. The van der Waals surface area contributed by atoms with E-state index in [2.05, 4.69) is 19.6 Å². The Kier molecular flexibility index (Phi) is 4.36. The normalized spacial score (nSPS) is 16.2. The fourth-order valence-corrected chi connectivity index (χ4v) is 2.71. The molecule has 1 amide bonds. The first kappa shape index (κ1) is 17.2. The van der Waals surface area contributed by atoms with Crippen LogP contribution in [0.15, 0.2) is 16.7 Å². The molecule has 1 aliphatic rings. The largest absolute Gasteiger partial charge is 0.505 e. The molecule has 1 saturated heterocycles. The standard InChI is InChI=1S/C15H15F3N4O3/c1-8-2-3-10(23)11(19-8)13(24)22-6-4-9(5-7-22)12-20-14(25-21-12)15(16,17)18/h2-3,9,23H,4-7H2,1H3. The van der Waals surface area contributed by atoms with Crippen molar-refractivity contribution < 1.29 is 27.6 Å². The third-order valence-electron chi connectivity index (χ3n) is 4.05. The van der Waals surface area contributed by atoms with Crippen LogP contribution in [0.5, 0.6) is 5.75 Å². The van der Waals surface area contributed by atoms with Crippen molar-refractivity contribution in [3.05, 3.63) is 35.2 Å². The molecule has 1 fully saturated rings. The summed E-state index contributed by atoms with van der Waals surface area (Å²) in [7, 11) is 0. The zero-order valence-corrected chi connectivity index (χ0v) is 13.2. The van der Waals surface area contributed by atoms with E-state index in [9.17, 15) is 23.1 Å². The predicted octanol–water partition coefficient (Wildman–Crippen LogP) is 2.52. The van der Waals surface area contributed by atoms with Gasteiger partial charge in [0.05, 0.1) is 0 Å². The molecule has 3 heterocycles. The highest BCUT2D eigenvalue weighted by molar-refractivity contribution is 5.94. The van der Waals surface area contributed by atoms with Gasteiger partial charge < -0.3 is 14.5 Å². The highest BCUT2D eigenvalue weighted by Crippen LogP contribution is 2.32. The van der Waals surface area contributed by atoms with Gasteiger partial charge in [-0.05, 0) is 31.9 Å². The monoisotopic (exact) mass is 356 g/mol. The number of halogens is 3. The van der Waals surface area contributed by atoms with Gasteiger partial charge in [-0.3, -0.25) is 4.79 Å². The van der Waals surface area contributed by atoms with Crippen molar-refractivity contribution in [2.24, 2.45) is 0 Å². The molecule has 0 aliphatic carbocycles. The summed E-state index contributed by atoms with van der Waals surface area (Å²) in [5, 5.41) is 13.2. The highest BCUT2D eigenvalue weighted by Gasteiger charge is 2.39. The molecule has 0 bridgehead atoms. The van der Waals surface area contributed by atoms with Crippen molar-refractivity contribution in [2.75, 3.05) is 13.1 Å². The van der Waals surface area contributed by atoms with Crippen LogP contribution in [0, 0.1) is 6.92 Å². The van der Waals surface area contributed by atoms with E-state index in [0.717, 1.165) is 0 Å². The van der Waals surface area contributed by atoms with Gasteiger partial charge in [-0.15, -0.1) is 0 Å². The summed E-state index contributed by atoms with van der Waals surface area (Å²) in [6, 6.07) is 2.99. The van der Waals surface area contributed by atoms with E-state index in [1.807, 2.05) is 0 Å². The summed E-state index contributed by atoms with van der Waals surface area (Å²) in [4.78, 5) is 21.4. The number of amides is 1. The number of alkyl halides is 3. The summed E-state index contributed by atoms with van der Waals surface area (Å²) in [6.45, 7) is 2.31. The van der Waals surface area contributed by atoms with Gasteiger partial charge in [0.25, 0.3) is 5.91 Å². The number of carbonyl (C=O) groups excluding carboxylic acids is 1. The summed E-state index contributed by atoms with van der Waals surface area (Å²) >= 11 is 0. The summed E-state index contributed by atoms with van der Waals surface area (Å²) in [6.07, 6.45) is -3.87. The zero-order chi connectivity index (χ0) is 18.2. The van der Waals surface area contributed by atoms with E-state index in [-0.39, 0.29) is 23.2 Å². The van der Waals surface area contributed by atoms with Crippen LogP contribution in [0.4, 0.5) is 13.2 Å². The Balaban J connectivity index is 1.66. The van der Waals surface area contributed by atoms with Gasteiger partial charge in [0, 0.05) is 24.7 Å². The van der Waals surface area contributed by atoms with Gasteiger partial charge in [-0.25, -0.2) is 4.98 Å². The Labute approximate surface area is 140 Å². The molecule has 0 atom stereocenters. The van der Waals surface area contributed by atoms with Gasteiger partial charge in [0.1, 0.15) is 5.75 Å². The molecule has 0 radical (unpaired) electrons. The summed E-state index contributed by atoms with van der Waals surface area (Å²) in [5.41, 5.74) is 0.569. The lowest BCUT2D eigenvalue weighted by Gasteiger charge is -2.30. The first-order valence-electron chi connectivity index (χ1n) is 7.62.